The molecular weight excluding hydrogens is 394 g/mol. The SMILES string of the molecule is Cc1cccc(C)c1Oc1ccc(C(C)(C)O)cc1-c1cn(C)c(=O)c2sccc12. The first-order valence-electron chi connectivity index (χ1n) is 9.85. The van der Waals surface area contributed by atoms with E-state index >= 15 is 0 Å². The van der Waals surface area contributed by atoms with Crippen molar-refractivity contribution in [3.8, 4) is 22.6 Å². The van der Waals surface area contributed by atoms with Crippen molar-refractivity contribution in [3.63, 3.8) is 0 Å². The Morgan fingerprint density at radius 3 is 2.40 bits per heavy atom. The molecule has 0 aliphatic rings. The summed E-state index contributed by atoms with van der Waals surface area (Å²) in [5.74, 6) is 1.51. The van der Waals surface area contributed by atoms with Crippen LogP contribution in [0.2, 0.25) is 0 Å². The normalized spacial score (nSPS) is 11.8. The van der Waals surface area contributed by atoms with E-state index in [1.165, 1.54) is 11.3 Å². The predicted octanol–water partition coefficient (Wildman–Crippen LogP) is 5.90. The average molecular weight is 420 g/mol. The maximum absolute atomic E-state index is 12.6. The molecule has 0 aliphatic heterocycles. The van der Waals surface area contributed by atoms with Crippen molar-refractivity contribution in [2.75, 3.05) is 0 Å². The molecule has 154 valence electrons. The molecule has 5 heteroatoms. The van der Waals surface area contributed by atoms with Gasteiger partial charge in [-0.05, 0) is 68.0 Å². The zero-order valence-corrected chi connectivity index (χ0v) is 18.6. The van der Waals surface area contributed by atoms with Crippen molar-refractivity contribution in [1.29, 1.82) is 0 Å². The number of hydrogen-bond donors (Lipinski definition) is 1. The topological polar surface area (TPSA) is 51.5 Å². The molecule has 0 unspecified atom stereocenters. The summed E-state index contributed by atoms with van der Waals surface area (Å²) in [5.41, 5.74) is 3.61. The third kappa shape index (κ3) is 3.55. The molecule has 0 saturated heterocycles. The Morgan fingerprint density at radius 1 is 1.03 bits per heavy atom. The number of aliphatic hydroxyl groups is 1. The molecule has 4 nitrogen and oxygen atoms in total. The molecule has 1 N–H and O–H groups in total. The number of aromatic nitrogens is 1. The van der Waals surface area contributed by atoms with Gasteiger partial charge in [0.05, 0.1) is 5.60 Å². The van der Waals surface area contributed by atoms with Gasteiger partial charge in [-0.25, -0.2) is 0 Å². The molecule has 2 aromatic carbocycles. The lowest BCUT2D eigenvalue weighted by atomic mass is 9.93. The van der Waals surface area contributed by atoms with E-state index < -0.39 is 5.60 Å². The monoisotopic (exact) mass is 419 g/mol. The Morgan fingerprint density at radius 2 is 1.73 bits per heavy atom. The standard InChI is InChI=1S/C25H25NO3S/c1-15-7-6-8-16(2)22(15)29-21-10-9-17(25(3,4)28)13-19(21)20-14-26(5)24(27)23-18(20)11-12-30-23/h6-14,28H,1-5H3. The van der Waals surface area contributed by atoms with Crippen LogP contribution in [0.3, 0.4) is 0 Å². The van der Waals surface area contributed by atoms with Crippen molar-refractivity contribution in [1.82, 2.24) is 4.57 Å². The Balaban J connectivity index is 1.99. The summed E-state index contributed by atoms with van der Waals surface area (Å²) in [4.78, 5) is 12.6. The van der Waals surface area contributed by atoms with E-state index in [0.717, 1.165) is 39.0 Å². The number of nitrogens with zero attached hydrogens (tertiary/aromatic N) is 1. The fourth-order valence-electron chi connectivity index (χ4n) is 3.66. The van der Waals surface area contributed by atoms with E-state index in [1.807, 2.05) is 67.9 Å². The number of thiophene rings is 1. The number of benzene rings is 2. The maximum atomic E-state index is 12.6. The van der Waals surface area contributed by atoms with E-state index in [4.69, 9.17) is 4.74 Å². The van der Waals surface area contributed by atoms with Crippen LogP contribution >= 0.6 is 11.3 Å². The quantitative estimate of drug-likeness (QED) is 0.448. The first kappa shape index (κ1) is 20.4. The van der Waals surface area contributed by atoms with Gasteiger partial charge in [-0.15, -0.1) is 11.3 Å². The molecule has 4 aromatic rings. The molecule has 0 spiro atoms. The molecular formula is C25H25NO3S. The number of hydrogen-bond acceptors (Lipinski definition) is 4. The van der Waals surface area contributed by atoms with Gasteiger partial charge in [0.2, 0.25) is 0 Å². The van der Waals surface area contributed by atoms with Crippen LogP contribution in [0.25, 0.3) is 21.2 Å². The Kier molecular flexibility index (Phi) is 5.04. The highest BCUT2D eigenvalue weighted by molar-refractivity contribution is 7.17. The summed E-state index contributed by atoms with van der Waals surface area (Å²) in [6, 6.07) is 13.8. The van der Waals surface area contributed by atoms with Gasteiger partial charge in [-0.2, -0.15) is 0 Å². The Bertz CT molecular complexity index is 1290. The van der Waals surface area contributed by atoms with Crippen molar-refractivity contribution >= 4 is 21.4 Å². The summed E-state index contributed by atoms with van der Waals surface area (Å²) in [6.45, 7) is 7.57. The van der Waals surface area contributed by atoms with Gasteiger partial charge >= 0.3 is 0 Å². The van der Waals surface area contributed by atoms with Crippen LogP contribution in [0.15, 0.2) is 58.8 Å². The summed E-state index contributed by atoms with van der Waals surface area (Å²) in [6.07, 6.45) is 1.85. The van der Waals surface area contributed by atoms with Gasteiger partial charge in [-0.3, -0.25) is 4.79 Å². The van der Waals surface area contributed by atoms with Crippen LogP contribution in [0.4, 0.5) is 0 Å². The number of rotatable bonds is 4. The van der Waals surface area contributed by atoms with Gasteiger partial charge in [-0.1, -0.05) is 24.3 Å². The molecule has 0 fully saturated rings. The second-order valence-electron chi connectivity index (χ2n) is 8.22. The van der Waals surface area contributed by atoms with Gasteiger partial charge in [0.15, 0.2) is 0 Å². The molecule has 0 bridgehead atoms. The third-order valence-electron chi connectivity index (χ3n) is 5.39. The van der Waals surface area contributed by atoms with Crippen LogP contribution in [-0.2, 0) is 12.6 Å². The third-order valence-corrected chi connectivity index (χ3v) is 6.29. The second kappa shape index (κ2) is 7.42. The van der Waals surface area contributed by atoms with Crippen molar-refractivity contribution in [2.24, 2.45) is 7.05 Å². The summed E-state index contributed by atoms with van der Waals surface area (Å²) in [5, 5.41) is 13.4. The number of ether oxygens (including phenoxy) is 1. The van der Waals surface area contributed by atoms with Crippen molar-refractivity contribution in [2.45, 2.75) is 33.3 Å². The predicted molar refractivity (Wildman–Crippen MR) is 124 cm³/mol. The number of fused-ring (bicyclic) bond motifs is 1. The number of pyridine rings is 1. The second-order valence-corrected chi connectivity index (χ2v) is 9.13. The lowest BCUT2D eigenvalue weighted by molar-refractivity contribution is 0.0786. The molecule has 0 aliphatic carbocycles. The van der Waals surface area contributed by atoms with Crippen LogP contribution in [0, 0.1) is 13.8 Å². The van der Waals surface area contributed by atoms with Crippen LogP contribution in [0.5, 0.6) is 11.5 Å². The first-order chi connectivity index (χ1) is 14.2. The zero-order valence-electron chi connectivity index (χ0n) is 17.8. The highest BCUT2D eigenvalue weighted by Crippen LogP contribution is 2.41. The molecule has 2 heterocycles. The fraction of sp³-hybridized carbons (Fsp3) is 0.240. The van der Waals surface area contributed by atoms with Gasteiger partial charge in [0, 0.05) is 29.8 Å². The van der Waals surface area contributed by atoms with Gasteiger partial charge in [0.1, 0.15) is 16.2 Å². The molecule has 0 radical (unpaired) electrons. The molecule has 0 saturated carbocycles. The lowest BCUT2D eigenvalue weighted by Gasteiger charge is -2.22. The first-order valence-corrected chi connectivity index (χ1v) is 10.7. The molecule has 30 heavy (non-hydrogen) atoms. The van der Waals surface area contributed by atoms with Crippen LogP contribution < -0.4 is 10.3 Å². The van der Waals surface area contributed by atoms with Gasteiger partial charge < -0.3 is 14.4 Å². The van der Waals surface area contributed by atoms with Gasteiger partial charge in [0.25, 0.3) is 5.56 Å². The van der Waals surface area contributed by atoms with E-state index in [1.54, 1.807) is 25.5 Å². The number of aryl methyl sites for hydroxylation is 3. The molecule has 4 rings (SSSR count). The highest BCUT2D eigenvalue weighted by Gasteiger charge is 2.21. The molecule has 2 aromatic heterocycles. The molecule has 0 amide bonds. The minimum absolute atomic E-state index is 0.0143. The zero-order chi connectivity index (χ0) is 21.6. The van der Waals surface area contributed by atoms with E-state index in [-0.39, 0.29) is 5.56 Å². The minimum atomic E-state index is -1.000. The van der Waals surface area contributed by atoms with Crippen LogP contribution in [-0.4, -0.2) is 9.67 Å². The summed E-state index contributed by atoms with van der Waals surface area (Å²) >= 11 is 1.44. The van der Waals surface area contributed by atoms with E-state index in [0.29, 0.717) is 10.4 Å². The van der Waals surface area contributed by atoms with Crippen molar-refractivity contribution in [3.05, 3.63) is 81.1 Å². The van der Waals surface area contributed by atoms with E-state index in [2.05, 4.69) is 0 Å². The average Bonchev–Trinajstić information content (AvgIpc) is 3.17. The fourth-order valence-corrected chi connectivity index (χ4v) is 4.55. The summed E-state index contributed by atoms with van der Waals surface area (Å²) < 4.78 is 8.74. The maximum Gasteiger partial charge on any atom is 0.268 e. The Hall–Kier alpha value is -2.89. The van der Waals surface area contributed by atoms with E-state index in [9.17, 15) is 9.90 Å². The number of para-hydroxylation sites is 1. The molecule has 0 atom stereocenters. The highest BCUT2D eigenvalue weighted by atomic mass is 32.1. The van der Waals surface area contributed by atoms with Crippen molar-refractivity contribution < 1.29 is 9.84 Å². The van der Waals surface area contributed by atoms with Crippen LogP contribution in [0.1, 0.15) is 30.5 Å². The summed E-state index contributed by atoms with van der Waals surface area (Å²) in [7, 11) is 1.76. The largest absolute Gasteiger partial charge is 0.456 e. The minimum Gasteiger partial charge on any atom is -0.456 e. The Labute approximate surface area is 180 Å². The smallest absolute Gasteiger partial charge is 0.268 e. The lowest BCUT2D eigenvalue weighted by Crippen LogP contribution is -2.16.